The molecule has 1 saturated heterocycles. The molecule has 0 atom stereocenters. The van der Waals surface area contributed by atoms with E-state index in [2.05, 4.69) is 15.4 Å². The monoisotopic (exact) mass is 425 g/mol. The van der Waals surface area contributed by atoms with Crippen LogP contribution in [0.15, 0.2) is 48.5 Å². The molecule has 164 valence electrons. The van der Waals surface area contributed by atoms with Crippen LogP contribution in [0.25, 0.3) is 0 Å². The molecular formula is C23H27N3O5. The number of carbonyl (C=O) groups is 3. The summed E-state index contributed by atoms with van der Waals surface area (Å²) < 4.78 is 9.92. The Labute approximate surface area is 181 Å². The normalized spacial score (nSPS) is 13.9. The largest absolute Gasteiger partial charge is 0.495 e. The van der Waals surface area contributed by atoms with Crippen LogP contribution < -0.4 is 15.4 Å². The second-order valence-corrected chi connectivity index (χ2v) is 7.34. The minimum Gasteiger partial charge on any atom is -0.495 e. The molecular weight excluding hydrogens is 398 g/mol. The lowest BCUT2D eigenvalue weighted by atomic mass is 9.97. The second-order valence-electron chi connectivity index (χ2n) is 7.34. The standard InChI is InChI=1S/C23H27N3O5/c1-30-20-6-4-3-5-19(20)25-23(29)26-13-11-16(12-14-26)15-24-21(27)17-7-9-18(10-8-17)22(28)31-2/h3-10,16H,11-15H2,1-2H3,(H,24,27)(H,25,29). The summed E-state index contributed by atoms with van der Waals surface area (Å²) in [4.78, 5) is 38.2. The van der Waals surface area contributed by atoms with Crippen molar-refractivity contribution in [2.45, 2.75) is 12.8 Å². The third kappa shape index (κ3) is 5.75. The summed E-state index contributed by atoms with van der Waals surface area (Å²) in [7, 11) is 2.88. The van der Waals surface area contributed by atoms with Crippen LogP contribution in [-0.2, 0) is 4.74 Å². The Balaban J connectivity index is 1.44. The minimum absolute atomic E-state index is 0.155. The van der Waals surface area contributed by atoms with Crippen LogP contribution in [0.4, 0.5) is 10.5 Å². The number of nitrogens with one attached hydrogen (secondary N) is 2. The fourth-order valence-corrected chi connectivity index (χ4v) is 3.50. The minimum atomic E-state index is -0.437. The van der Waals surface area contributed by atoms with E-state index in [1.807, 2.05) is 12.1 Å². The topological polar surface area (TPSA) is 97.0 Å². The van der Waals surface area contributed by atoms with Gasteiger partial charge >= 0.3 is 12.0 Å². The Kier molecular flexibility index (Phi) is 7.48. The summed E-state index contributed by atoms with van der Waals surface area (Å²) >= 11 is 0. The molecule has 1 fully saturated rings. The van der Waals surface area contributed by atoms with Gasteiger partial charge in [-0.3, -0.25) is 4.79 Å². The average Bonchev–Trinajstić information content (AvgIpc) is 2.82. The Hall–Kier alpha value is -3.55. The molecule has 0 unspecified atom stereocenters. The summed E-state index contributed by atoms with van der Waals surface area (Å²) in [5, 5.41) is 5.83. The first-order valence-corrected chi connectivity index (χ1v) is 10.2. The van der Waals surface area contributed by atoms with E-state index in [1.54, 1.807) is 48.4 Å². The average molecular weight is 425 g/mol. The summed E-state index contributed by atoms with van der Waals surface area (Å²) in [6.07, 6.45) is 1.61. The van der Waals surface area contributed by atoms with Crippen molar-refractivity contribution in [3.63, 3.8) is 0 Å². The molecule has 2 N–H and O–H groups in total. The van der Waals surface area contributed by atoms with E-state index in [4.69, 9.17) is 4.74 Å². The quantitative estimate of drug-likeness (QED) is 0.693. The van der Waals surface area contributed by atoms with Crippen molar-refractivity contribution in [3.05, 3.63) is 59.7 Å². The van der Waals surface area contributed by atoms with Crippen molar-refractivity contribution in [3.8, 4) is 5.75 Å². The number of likely N-dealkylation sites (tertiary alicyclic amines) is 1. The number of urea groups is 1. The van der Waals surface area contributed by atoms with Gasteiger partial charge in [-0.15, -0.1) is 0 Å². The highest BCUT2D eigenvalue weighted by molar-refractivity contribution is 5.96. The van der Waals surface area contributed by atoms with Crippen molar-refractivity contribution in [1.29, 1.82) is 0 Å². The first-order valence-electron chi connectivity index (χ1n) is 10.2. The summed E-state index contributed by atoms with van der Waals surface area (Å²) in [6.45, 7) is 1.78. The highest BCUT2D eigenvalue weighted by Gasteiger charge is 2.24. The van der Waals surface area contributed by atoms with Crippen LogP contribution in [0.3, 0.4) is 0 Å². The molecule has 8 heteroatoms. The lowest BCUT2D eigenvalue weighted by Crippen LogP contribution is -2.43. The van der Waals surface area contributed by atoms with E-state index in [1.165, 1.54) is 7.11 Å². The molecule has 1 heterocycles. The first kappa shape index (κ1) is 22.1. The van der Waals surface area contributed by atoms with Gasteiger partial charge in [0.25, 0.3) is 5.91 Å². The zero-order valence-electron chi connectivity index (χ0n) is 17.7. The number of nitrogens with zero attached hydrogens (tertiary/aromatic N) is 1. The maximum Gasteiger partial charge on any atom is 0.337 e. The van der Waals surface area contributed by atoms with Crippen molar-refractivity contribution < 1.29 is 23.9 Å². The molecule has 2 aromatic rings. The molecule has 31 heavy (non-hydrogen) atoms. The lowest BCUT2D eigenvalue weighted by Gasteiger charge is -2.32. The highest BCUT2D eigenvalue weighted by Crippen LogP contribution is 2.24. The van der Waals surface area contributed by atoms with Gasteiger partial charge in [0.05, 0.1) is 25.5 Å². The van der Waals surface area contributed by atoms with E-state index in [0.29, 0.717) is 48.1 Å². The second kappa shape index (κ2) is 10.5. The Morgan fingerprint density at radius 2 is 1.61 bits per heavy atom. The summed E-state index contributed by atoms with van der Waals surface area (Å²) in [6, 6.07) is 13.5. The van der Waals surface area contributed by atoms with Crippen LogP contribution in [0.2, 0.25) is 0 Å². The first-order chi connectivity index (χ1) is 15.0. The maximum absolute atomic E-state index is 12.5. The van der Waals surface area contributed by atoms with E-state index >= 15 is 0 Å². The predicted molar refractivity (Wildman–Crippen MR) is 116 cm³/mol. The molecule has 2 aromatic carbocycles. The third-order valence-electron chi connectivity index (χ3n) is 5.37. The molecule has 0 radical (unpaired) electrons. The third-order valence-corrected chi connectivity index (χ3v) is 5.37. The predicted octanol–water partition coefficient (Wildman–Crippen LogP) is 3.16. The Morgan fingerprint density at radius 3 is 2.26 bits per heavy atom. The fourth-order valence-electron chi connectivity index (χ4n) is 3.50. The number of rotatable bonds is 6. The molecule has 1 aliphatic rings. The van der Waals surface area contributed by atoms with Gasteiger partial charge in [0.15, 0.2) is 0 Å². The number of para-hydroxylation sites is 2. The van der Waals surface area contributed by atoms with Gasteiger partial charge in [0.1, 0.15) is 5.75 Å². The molecule has 3 amide bonds. The van der Waals surface area contributed by atoms with Crippen LogP contribution in [-0.4, -0.2) is 56.7 Å². The fraction of sp³-hybridized carbons (Fsp3) is 0.348. The number of anilines is 1. The smallest absolute Gasteiger partial charge is 0.337 e. The number of piperidine rings is 1. The van der Waals surface area contributed by atoms with E-state index < -0.39 is 5.97 Å². The SMILES string of the molecule is COC(=O)c1ccc(C(=O)NCC2CCN(C(=O)Nc3ccccc3OC)CC2)cc1. The van der Waals surface area contributed by atoms with Crippen LogP contribution in [0.1, 0.15) is 33.6 Å². The lowest BCUT2D eigenvalue weighted by molar-refractivity contribution is 0.0600. The van der Waals surface area contributed by atoms with Crippen molar-refractivity contribution >= 4 is 23.6 Å². The number of ether oxygens (including phenoxy) is 2. The van der Waals surface area contributed by atoms with Gasteiger partial charge in [0, 0.05) is 25.2 Å². The van der Waals surface area contributed by atoms with Crippen molar-refractivity contribution in [2.75, 3.05) is 39.2 Å². The van der Waals surface area contributed by atoms with Crippen LogP contribution >= 0.6 is 0 Å². The van der Waals surface area contributed by atoms with Crippen molar-refractivity contribution in [2.24, 2.45) is 5.92 Å². The molecule has 3 rings (SSSR count). The Morgan fingerprint density at radius 1 is 0.968 bits per heavy atom. The zero-order chi connectivity index (χ0) is 22.2. The Bertz CT molecular complexity index is 921. The van der Waals surface area contributed by atoms with Gasteiger partial charge in [-0.25, -0.2) is 9.59 Å². The van der Waals surface area contributed by atoms with Gasteiger partial charge < -0.3 is 25.0 Å². The number of carbonyl (C=O) groups excluding carboxylic acids is 3. The zero-order valence-corrected chi connectivity index (χ0v) is 17.7. The number of hydrogen-bond acceptors (Lipinski definition) is 5. The number of methoxy groups -OCH3 is 2. The van der Waals surface area contributed by atoms with E-state index in [9.17, 15) is 14.4 Å². The van der Waals surface area contributed by atoms with Crippen molar-refractivity contribution in [1.82, 2.24) is 10.2 Å². The summed E-state index contributed by atoms with van der Waals surface area (Å²) in [5.74, 6) is 0.294. The van der Waals surface area contributed by atoms with Crippen LogP contribution in [0, 0.1) is 5.92 Å². The van der Waals surface area contributed by atoms with E-state index in [0.717, 1.165) is 12.8 Å². The maximum atomic E-state index is 12.5. The van der Waals surface area contributed by atoms with Gasteiger partial charge in [0.2, 0.25) is 0 Å². The number of esters is 1. The van der Waals surface area contributed by atoms with Gasteiger partial charge in [-0.1, -0.05) is 12.1 Å². The molecule has 0 spiro atoms. The van der Waals surface area contributed by atoms with Gasteiger partial charge in [-0.2, -0.15) is 0 Å². The molecule has 0 saturated carbocycles. The van der Waals surface area contributed by atoms with Crippen LogP contribution in [0.5, 0.6) is 5.75 Å². The number of benzene rings is 2. The molecule has 1 aliphatic heterocycles. The summed E-state index contributed by atoms with van der Waals surface area (Å²) in [5.41, 5.74) is 1.53. The number of hydrogen-bond donors (Lipinski definition) is 2. The van der Waals surface area contributed by atoms with E-state index in [-0.39, 0.29) is 11.9 Å². The van der Waals surface area contributed by atoms with Gasteiger partial charge in [-0.05, 0) is 55.2 Å². The molecule has 0 aliphatic carbocycles. The molecule has 0 bridgehead atoms. The molecule has 8 nitrogen and oxygen atoms in total. The highest BCUT2D eigenvalue weighted by atomic mass is 16.5. The molecule has 0 aromatic heterocycles. The number of amides is 3.